The van der Waals surface area contributed by atoms with Crippen LogP contribution in [0.5, 0.6) is 11.5 Å². The van der Waals surface area contributed by atoms with Crippen LogP contribution >= 0.6 is 0 Å². The molecular formula is C19H18O6. The molecule has 0 heterocycles. The van der Waals surface area contributed by atoms with E-state index in [9.17, 15) is 14.7 Å². The molecule has 6 nitrogen and oxygen atoms in total. The second-order valence-electron chi connectivity index (χ2n) is 5.17. The first-order valence-corrected chi connectivity index (χ1v) is 7.41. The van der Waals surface area contributed by atoms with E-state index in [2.05, 4.69) is 0 Å². The minimum Gasteiger partial charge on any atom is -0.497 e. The van der Waals surface area contributed by atoms with Crippen LogP contribution in [0.15, 0.2) is 48.5 Å². The number of carboxylic acids is 1. The van der Waals surface area contributed by atoms with Crippen molar-refractivity contribution in [3.63, 3.8) is 0 Å². The molecule has 0 aromatic heterocycles. The highest BCUT2D eigenvalue weighted by molar-refractivity contribution is 6.03. The number of carbonyl (C=O) groups is 2. The summed E-state index contributed by atoms with van der Waals surface area (Å²) in [6.07, 6.45) is 0.810. The Labute approximate surface area is 144 Å². The molecule has 0 amide bonds. The van der Waals surface area contributed by atoms with Gasteiger partial charge in [0.05, 0.1) is 14.2 Å². The van der Waals surface area contributed by atoms with E-state index in [1.165, 1.54) is 26.4 Å². The molecule has 25 heavy (non-hydrogen) atoms. The molecule has 0 aliphatic carbocycles. The number of aliphatic hydroxyl groups excluding tert-OH is 1. The average Bonchev–Trinajstić information content (AvgIpc) is 2.64. The van der Waals surface area contributed by atoms with Gasteiger partial charge in [-0.05, 0) is 29.3 Å². The lowest BCUT2D eigenvalue weighted by Gasteiger charge is -2.14. The van der Waals surface area contributed by atoms with Crippen molar-refractivity contribution in [3.8, 4) is 11.5 Å². The molecule has 0 spiro atoms. The van der Waals surface area contributed by atoms with Gasteiger partial charge in [-0.1, -0.05) is 24.3 Å². The van der Waals surface area contributed by atoms with Gasteiger partial charge in [0.15, 0.2) is 5.78 Å². The van der Waals surface area contributed by atoms with Crippen LogP contribution in [0.4, 0.5) is 0 Å². The quantitative estimate of drug-likeness (QED) is 0.594. The Balaban J connectivity index is 2.40. The number of carboxylic acid groups (broad SMARTS) is 1. The Bertz CT molecular complexity index is 787. The molecule has 0 radical (unpaired) electrons. The van der Waals surface area contributed by atoms with Gasteiger partial charge in [0.25, 0.3) is 0 Å². The van der Waals surface area contributed by atoms with Gasteiger partial charge in [-0.2, -0.15) is 0 Å². The van der Waals surface area contributed by atoms with Crippen molar-refractivity contribution in [2.45, 2.75) is 6.10 Å². The minimum absolute atomic E-state index is 0.217. The lowest BCUT2D eigenvalue weighted by atomic mass is 9.95. The minimum atomic E-state index is -1.44. The molecule has 1 atom stereocenters. The number of aliphatic hydroxyl groups is 1. The molecular weight excluding hydrogens is 324 g/mol. The maximum absolute atomic E-state index is 12.7. The molecule has 130 valence electrons. The van der Waals surface area contributed by atoms with Crippen molar-refractivity contribution >= 4 is 17.8 Å². The maximum Gasteiger partial charge on any atom is 0.328 e. The van der Waals surface area contributed by atoms with Crippen molar-refractivity contribution in [1.29, 1.82) is 0 Å². The molecule has 0 saturated carbocycles. The van der Waals surface area contributed by atoms with Crippen LogP contribution in [0, 0.1) is 0 Å². The van der Waals surface area contributed by atoms with Crippen LogP contribution in [0.1, 0.15) is 27.6 Å². The fourth-order valence-electron chi connectivity index (χ4n) is 2.31. The van der Waals surface area contributed by atoms with Crippen molar-refractivity contribution in [3.05, 3.63) is 65.2 Å². The summed E-state index contributed by atoms with van der Waals surface area (Å²) in [5.41, 5.74) is 0.941. The average molecular weight is 342 g/mol. The number of ether oxygens (including phenoxy) is 2. The third-order valence-corrected chi connectivity index (χ3v) is 3.57. The predicted molar refractivity (Wildman–Crippen MR) is 91.9 cm³/mol. The lowest BCUT2D eigenvalue weighted by molar-refractivity contribution is -0.131. The van der Waals surface area contributed by atoms with Crippen molar-refractivity contribution < 1.29 is 29.3 Å². The normalized spacial score (nSPS) is 12.0. The standard InChI is InChI=1S/C19H18O6/c1-24-14-9-13(10-15(11-14)25-2)18(22)19(23)16-6-4-3-5-12(16)7-8-17(20)21/h3-11,18,22H,1-2H3,(H,20,21). The zero-order valence-corrected chi connectivity index (χ0v) is 13.8. The Morgan fingerprint density at radius 2 is 1.64 bits per heavy atom. The van der Waals surface area contributed by atoms with E-state index in [-0.39, 0.29) is 5.56 Å². The summed E-state index contributed by atoms with van der Waals surface area (Å²) < 4.78 is 10.3. The molecule has 2 N–H and O–H groups in total. The monoisotopic (exact) mass is 342 g/mol. The van der Waals surface area contributed by atoms with Crippen LogP contribution in [-0.4, -0.2) is 36.2 Å². The van der Waals surface area contributed by atoms with Crippen LogP contribution < -0.4 is 9.47 Å². The number of Topliss-reactive ketones (excluding diaryl/α,β-unsaturated/α-hetero) is 1. The van der Waals surface area contributed by atoms with Gasteiger partial charge in [0, 0.05) is 17.7 Å². The van der Waals surface area contributed by atoms with Crippen molar-refractivity contribution in [1.82, 2.24) is 0 Å². The fraction of sp³-hybridized carbons (Fsp3) is 0.158. The van der Waals surface area contributed by atoms with Crippen LogP contribution in [0.25, 0.3) is 6.08 Å². The van der Waals surface area contributed by atoms with Gasteiger partial charge in [-0.15, -0.1) is 0 Å². The smallest absolute Gasteiger partial charge is 0.328 e. The van der Waals surface area contributed by atoms with E-state index in [1.807, 2.05) is 0 Å². The van der Waals surface area contributed by atoms with Gasteiger partial charge in [0.1, 0.15) is 17.6 Å². The number of benzene rings is 2. The molecule has 0 aliphatic heterocycles. The SMILES string of the molecule is COc1cc(OC)cc(C(O)C(=O)c2ccccc2C=CC(=O)O)c1. The van der Waals surface area contributed by atoms with Gasteiger partial charge >= 0.3 is 5.97 Å². The third-order valence-electron chi connectivity index (χ3n) is 3.57. The fourth-order valence-corrected chi connectivity index (χ4v) is 2.31. The van der Waals surface area contributed by atoms with Crippen LogP contribution in [-0.2, 0) is 4.79 Å². The number of hydrogen-bond donors (Lipinski definition) is 2. The zero-order chi connectivity index (χ0) is 18.4. The van der Waals surface area contributed by atoms with Crippen molar-refractivity contribution in [2.24, 2.45) is 0 Å². The summed E-state index contributed by atoms with van der Waals surface area (Å²) >= 11 is 0. The highest BCUT2D eigenvalue weighted by Gasteiger charge is 2.22. The summed E-state index contributed by atoms with van der Waals surface area (Å²) in [5.74, 6) is -0.790. The highest BCUT2D eigenvalue weighted by Crippen LogP contribution is 2.29. The second kappa shape index (κ2) is 8.12. The predicted octanol–water partition coefficient (Wildman–Crippen LogP) is 2.72. The summed E-state index contributed by atoms with van der Waals surface area (Å²) in [4.78, 5) is 23.4. The number of ketones is 1. The van der Waals surface area contributed by atoms with E-state index in [4.69, 9.17) is 14.6 Å². The molecule has 2 rings (SSSR count). The number of carbonyl (C=O) groups excluding carboxylic acids is 1. The molecule has 2 aromatic rings. The Morgan fingerprint density at radius 3 is 2.20 bits per heavy atom. The topological polar surface area (TPSA) is 93.1 Å². The summed E-state index contributed by atoms with van der Waals surface area (Å²) in [7, 11) is 2.94. The van der Waals surface area contributed by atoms with Crippen LogP contribution in [0.2, 0.25) is 0 Å². The van der Waals surface area contributed by atoms with Crippen molar-refractivity contribution in [2.75, 3.05) is 14.2 Å². The van der Waals surface area contributed by atoms with Gasteiger partial charge < -0.3 is 19.7 Å². The highest BCUT2D eigenvalue weighted by atomic mass is 16.5. The van der Waals surface area contributed by atoms with Gasteiger partial charge in [-0.25, -0.2) is 4.79 Å². The summed E-state index contributed by atoms with van der Waals surface area (Å²) in [5, 5.41) is 19.2. The molecule has 0 saturated heterocycles. The molecule has 1 unspecified atom stereocenters. The van der Waals surface area contributed by atoms with E-state index in [1.54, 1.807) is 36.4 Å². The molecule has 2 aromatic carbocycles. The molecule has 0 fully saturated rings. The first-order valence-electron chi connectivity index (χ1n) is 7.41. The number of hydrogen-bond acceptors (Lipinski definition) is 5. The molecule has 0 aliphatic rings. The Kier molecular flexibility index (Phi) is 5.92. The third kappa shape index (κ3) is 4.45. The Hall–Kier alpha value is -3.12. The zero-order valence-electron chi connectivity index (χ0n) is 13.8. The maximum atomic E-state index is 12.7. The van der Waals surface area contributed by atoms with Gasteiger partial charge in [-0.3, -0.25) is 4.79 Å². The summed E-state index contributed by atoms with van der Waals surface area (Å²) in [6, 6.07) is 11.2. The van der Waals surface area contributed by atoms with Crippen LogP contribution in [0.3, 0.4) is 0 Å². The second-order valence-corrected chi connectivity index (χ2v) is 5.17. The molecule has 6 heteroatoms. The number of aliphatic carboxylic acids is 1. The Morgan fingerprint density at radius 1 is 1.04 bits per heavy atom. The van der Waals surface area contributed by atoms with Gasteiger partial charge in [0.2, 0.25) is 0 Å². The first-order chi connectivity index (χ1) is 12.0. The molecule has 0 bridgehead atoms. The number of methoxy groups -OCH3 is 2. The largest absolute Gasteiger partial charge is 0.497 e. The van der Waals surface area contributed by atoms with E-state index < -0.39 is 17.9 Å². The first kappa shape index (κ1) is 18.2. The van der Waals surface area contributed by atoms with E-state index in [0.29, 0.717) is 22.6 Å². The van der Waals surface area contributed by atoms with E-state index in [0.717, 1.165) is 6.08 Å². The van der Waals surface area contributed by atoms with E-state index >= 15 is 0 Å². The number of rotatable bonds is 7. The lowest BCUT2D eigenvalue weighted by Crippen LogP contribution is -2.14. The summed E-state index contributed by atoms with van der Waals surface area (Å²) in [6.45, 7) is 0.